The Balaban J connectivity index is 1.40. The highest BCUT2D eigenvalue weighted by Gasteiger charge is 2.27. The summed E-state index contributed by atoms with van der Waals surface area (Å²) in [6.45, 7) is 2.49. The number of sulfonamides is 1. The number of esters is 1. The minimum absolute atomic E-state index is 0.0807. The Morgan fingerprint density at radius 2 is 1.67 bits per heavy atom. The summed E-state index contributed by atoms with van der Waals surface area (Å²) < 4.78 is 37.8. The lowest BCUT2D eigenvalue weighted by Crippen LogP contribution is -2.40. The number of carbonyl (C=O) groups excluding carboxylic acids is 2. The summed E-state index contributed by atoms with van der Waals surface area (Å²) >= 11 is 0. The summed E-state index contributed by atoms with van der Waals surface area (Å²) in [6.07, 6.45) is 0.557. The molecule has 1 heterocycles. The second-order valence-corrected chi connectivity index (χ2v) is 10.4. The Morgan fingerprint density at radius 3 is 2.42 bits per heavy atom. The molecule has 3 aromatic carbocycles. The van der Waals surface area contributed by atoms with Gasteiger partial charge < -0.3 is 14.8 Å². The normalized spacial score (nSPS) is 14.2. The van der Waals surface area contributed by atoms with Gasteiger partial charge in [-0.3, -0.25) is 4.79 Å². The molecule has 0 aliphatic carbocycles. The van der Waals surface area contributed by atoms with Gasteiger partial charge in [-0.15, -0.1) is 0 Å². The fourth-order valence-electron chi connectivity index (χ4n) is 3.92. The molecule has 0 bridgehead atoms. The van der Waals surface area contributed by atoms with E-state index in [2.05, 4.69) is 5.32 Å². The third-order valence-corrected chi connectivity index (χ3v) is 7.79. The molecule has 0 unspecified atom stereocenters. The zero-order valence-electron chi connectivity index (χ0n) is 20.0. The summed E-state index contributed by atoms with van der Waals surface area (Å²) in [6, 6.07) is 21.4. The van der Waals surface area contributed by atoms with Crippen LogP contribution in [0.3, 0.4) is 0 Å². The van der Waals surface area contributed by atoms with Crippen LogP contribution >= 0.6 is 0 Å². The van der Waals surface area contributed by atoms with Crippen molar-refractivity contribution in [2.24, 2.45) is 0 Å². The Hall–Kier alpha value is -3.53. The van der Waals surface area contributed by atoms with Gasteiger partial charge in [0.05, 0.1) is 23.7 Å². The van der Waals surface area contributed by atoms with Gasteiger partial charge in [0, 0.05) is 18.8 Å². The van der Waals surface area contributed by atoms with Crippen LogP contribution in [0.5, 0.6) is 0 Å². The first kappa shape index (κ1) is 25.6. The van der Waals surface area contributed by atoms with Crippen LogP contribution in [0.2, 0.25) is 0 Å². The molecule has 9 heteroatoms. The summed E-state index contributed by atoms with van der Waals surface area (Å²) in [4.78, 5) is 25.4. The van der Waals surface area contributed by atoms with Crippen molar-refractivity contribution in [1.29, 1.82) is 0 Å². The first-order valence-electron chi connectivity index (χ1n) is 11.6. The second-order valence-electron chi connectivity index (χ2n) is 8.44. The highest BCUT2D eigenvalue weighted by Crippen LogP contribution is 2.24. The molecular formula is C27H28N2O6S. The van der Waals surface area contributed by atoms with Crippen LogP contribution < -0.4 is 5.32 Å². The molecule has 8 nitrogen and oxygen atoms in total. The van der Waals surface area contributed by atoms with Crippen LogP contribution in [-0.4, -0.2) is 57.5 Å². The summed E-state index contributed by atoms with van der Waals surface area (Å²) in [5.74, 6) is -1.16. The second kappa shape index (κ2) is 11.5. The molecule has 1 fully saturated rings. The number of hydrogen-bond donors (Lipinski definition) is 1. The van der Waals surface area contributed by atoms with E-state index >= 15 is 0 Å². The largest absolute Gasteiger partial charge is 0.452 e. The Labute approximate surface area is 210 Å². The van der Waals surface area contributed by atoms with E-state index in [1.165, 1.54) is 16.4 Å². The van der Waals surface area contributed by atoms with Crippen molar-refractivity contribution in [3.8, 4) is 0 Å². The number of benzene rings is 3. The van der Waals surface area contributed by atoms with Gasteiger partial charge in [0.1, 0.15) is 0 Å². The van der Waals surface area contributed by atoms with E-state index in [0.29, 0.717) is 36.4 Å². The van der Waals surface area contributed by atoms with Crippen LogP contribution in [0.15, 0.2) is 77.7 Å². The quantitative estimate of drug-likeness (QED) is 0.468. The van der Waals surface area contributed by atoms with E-state index < -0.39 is 28.5 Å². The molecule has 0 aromatic heterocycles. The monoisotopic (exact) mass is 508 g/mol. The van der Waals surface area contributed by atoms with Crippen LogP contribution in [0, 0.1) is 6.92 Å². The molecule has 0 atom stereocenters. The number of hydrogen-bond acceptors (Lipinski definition) is 6. The fraction of sp³-hybridized carbons (Fsp3) is 0.259. The average molecular weight is 509 g/mol. The number of anilines is 1. The third kappa shape index (κ3) is 6.17. The van der Waals surface area contributed by atoms with Crippen molar-refractivity contribution in [1.82, 2.24) is 4.31 Å². The van der Waals surface area contributed by atoms with Gasteiger partial charge in [-0.05, 0) is 48.2 Å². The minimum atomic E-state index is -3.71. The van der Waals surface area contributed by atoms with Crippen LogP contribution in [0.1, 0.15) is 27.0 Å². The van der Waals surface area contributed by atoms with Gasteiger partial charge in [0.2, 0.25) is 10.0 Å². The Morgan fingerprint density at radius 1 is 0.972 bits per heavy atom. The lowest BCUT2D eigenvalue weighted by molar-refractivity contribution is -0.119. The maximum absolute atomic E-state index is 13.0. The Kier molecular flexibility index (Phi) is 8.14. The first-order valence-corrected chi connectivity index (χ1v) is 13.1. The molecule has 1 aliphatic rings. The van der Waals surface area contributed by atoms with Gasteiger partial charge in [0.25, 0.3) is 5.91 Å². The van der Waals surface area contributed by atoms with Gasteiger partial charge in [-0.1, -0.05) is 54.6 Å². The van der Waals surface area contributed by atoms with Crippen molar-refractivity contribution in [2.75, 3.05) is 38.2 Å². The van der Waals surface area contributed by atoms with E-state index in [9.17, 15) is 18.0 Å². The van der Waals surface area contributed by atoms with E-state index in [-0.39, 0.29) is 18.0 Å². The van der Waals surface area contributed by atoms with Crippen molar-refractivity contribution in [3.63, 3.8) is 0 Å². The molecule has 0 radical (unpaired) electrons. The van der Waals surface area contributed by atoms with E-state index in [1.807, 2.05) is 42.5 Å². The molecule has 188 valence electrons. The number of nitrogens with zero attached hydrogens (tertiary/aromatic N) is 1. The molecule has 4 rings (SSSR count). The minimum Gasteiger partial charge on any atom is -0.452 e. The number of ether oxygens (including phenoxy) is 2. The lowest BCUT2D eigenvalue weighted by atomic mass is 10.00. The predicted molar refractivity (Wildman–Crippen MR) is 135 cm³/mol. The highest BCUT2D eigenvalue weighted by molar-refractivity contribution is 7.89. The van der Waals surface area contributed by atoms with Crippen LogP contribution in [0.4, 0.5) is 5.69 Å². The SMILES string of the molecule is Cc1ccc(S(=O)(=O)N2CCOCC2)cc1NC(=O)COC(=O)c1ccccc1Cc1ccccc1. The van der Waals surface area contributed by atoms with Crippen molar-refractivity contribution in [3.05, 3.63) is 95.1 Å². The van der Waals surface area contributed by atoms with Crippen LogP contribution in [0.25, 0.3) is 0 Å². The number of morpholine rings is 1. The number of aryl methyl sites for hydroxylation is 1. The van der Waals surface area contributed by atoms with E-state index in [1.54, 1.807) is 25.1 Å². The molecule has 1 N–H and O–H groups in total. The van der Waals surface area contributed by atoms with Gasteiger partial charge in [-0.2, -0.15) is 4.31 Å². The number of amides is 1. The van der Waals surface area contributed by atoms with Crippen molar-refractivity contribution >= 4 is 27.6 Å². The van der Waals surface area contributed by atoms with Gasteiger partial charge in [0.15, 0.2) is 6.61 Å². The molecule has 36 heavy (non-hydrogen) atoms. The summed E-state index contributed by atoms with van der Waals surface area (Å²) in [5.41, 5.74) is 3.27. The standard InChI is InChI=1S/C27H28N2O6S/c1-20-11-12-23(36(32,33)29-13-15-34-16-14-29)18-25(20)28-26(30)19-35-27(31)24-10-6-5-9-22(24)17-21-7-3-2-4-8-21/h2-12,18H,13-17,19H2,1H3,(H,28,30). The third-order valence-electron chi connectivity index (χ3n) is 5.90. The maximum atomic E-state index is 13.0. The van der Waals surface area contributed by atoms with Gasteiger partial charge in [-0.25, -0.2) is 13.2 Å². The molecule has 1 saturated heterocycles. The maximum Gasteiger partial charge on any atom is 0.338 e. The van der Waals surface area contributed by atoms with E-state index in [0.717, 1.165) is 11.1 Å². The Bertz CT molecular complexity index is 1340. The zero-order valence-corrected chi connectivity index (χ0v) is 20.8. The fourth-order valence-corrected chi connectivity index (χ4v) is 5.35. The first-order chi connectivity index (χ1) is 17.3. The van der Waals surface area contributed by atoms with E-state index in [4.69, 9.17) is 9.47 Å². The number of carbonyl (C=O) groups is 2. The molecule has 0 saturated carbocycles. The molecular weight excluding hydrogens is 480 g/mol. The molecule has 0 spiro atoms. The zero-order chi connectivity index (χ0) is 25.5. The highest BCUT2D eigenvalue weighted by atomic mass is 32.2. The smallest absolute Gasteiger partial charge is 0.338 e. The summed E-state index contributed by atoms with van der Waals surface area (Å²) in [7, 11) is -3.71. The topological polar surface area (TPSA) is 102 Å². The summed E-state index contributed by atoms with van der Waals surface area (Å²) in [5, 5.41) is 2.66. The molecule has 1 amide bonds. The van der Waals surface area contributed by atoms with Crippen molar-refractivity contribution < 1.29 is 27.5 Å². The van der Waals surface area contributed by atoms with Gasteiger partial charge >= 0.3 is 5.97 Å². The molecule has 1 aliphatic heterocycles. The van der Waals surface area contributed by atoms with Crippen molar-refractivity contribution in [2.45, 2.75) is 18.2 Å². The lowest BCUT2D eigenvalue weighted by Gasteiger charge is -2.26. The number of rotatable bonds is 8. The predicted octanol–water partition coefficient (Wildman–Crippen LogP) is 3.40. The number of nitrogens with one attached hydrogen (secondary N) is 1. The van der Waals surface area contributed by atoms with Crippen LogP contribution in [-0.2, 0) is 30.7 Å². The average Bonchev–Trinajstić information content (AvgIpc) is 2.90. The molecule has 3 aromatic rings.